The summed E-state index contributed by atoms with van der Waals surface area (Å²) in [4.78, 5) is 11.2. The second-order valence-electron chi connectivity index (χ2n) is 2.91. The molecule has 15 heavy (non-hydrogen) atoms. The summed E-state index contributed by atoms with van der Waals surface area (Å²) in [6.07, 6.45) is 0.160. The number of hydrogen-bond acceptors (Lipinski definition) is 2. The molecule has 0 amide bonds. The summed E-state index contributed by atoms with van der Waals surface area (Å²) >= 11 is 15.2. The zero-order valence-corrected chi connectivity index (χ0v) is 11.1. The maximum Gasteiger partial charge on any atom is 0.310 e. The Bertz CT molecular complexity index is 380. The molecule has 0 aliphatic rings. The van der Waals surface area contributed by atoms with E-state index in [1.807, 2.05) is 0 Å². The molecule has 0 saturated heterocycles. The molecule has 0 N–H and O–H groups in total. The zero-order valence-electron chi connectivity index (χ0n) is 8.02. The minimum absolute atomic E-state index is 0.160. The minimum Gasteiger partial charge on any atom is -0.469 e. The van der Waals surface area contributed by atoms with Crippen molar-refractivity contribution in [3.05, 3.63) is 33.3 Å². The summed E-state index contributed by atoms with van der Waals surface area (Å²) in [5.41, 5.74) is 1.66. The van der Waals surface area contributed by atoms with Crippen LogP contribution in [-0.4, -0.2) is 13.1 Å². The molecule has 0 aromatic heterocycles. The number of methoxy groups -OCH3 is 1. The quantitative estimate of drug-likeness (QED) is 0.630. The number of benzene rings is 1. The van der Waals surface area contributed by atoms with Gasteiger partial charge in [0.25, 0.3) is 0 Å². The monoisotopic (exact) mass is 310 g/mol. The van der Waals surface area contributed by atoms with E-state index in [2.05, 4.69) is 20.7 Å². The highest BCUT2D eigenvalue weighted by Crippen LogP contribution is 2.27. The van der Waals surface area contributed by atoms with E-state index in [1.54, 1.807) is 12.1 Å². The third-order valence-corrected chi connectivity index (χ3v) is 3.10. The first kappa shape index (κ1) is 12.8. The molecule has 0 aliphatic carbocycles. The Morgan fingerprint density at radius 1 is 1.47 bits per heavy atom. The first-order chi connectivity index (χ1) is 7.08. The van der Waals surface area contributed by atoms with E-state index in [0.29, 0.717) is 15.4 Å². The fourth-order valence-electron chi connectivity index (χ4n) is 1.19. The third kappa shape index (κ3) is 3.37. The first-order valence-electron chi connectivity index (χ1n) is 4.18. The lowest BCUT2D eigenvalue weighted by Crippen LogP contribution is -2.07. The van der Waals surface area contributed by atoms with Gasteiger partial charge in [0.2, 0.25) is 0 Å². The van der Waals surface area contributed by atoms with Crippen molar-refractivity contribution < 1.29 is 9.53 Å². The topological polar surface area (TPSA) is 26.3 Å². The molecular formula is C10H9BrCl2O2. The Kier molecular flexibility index (Phi) is 4.90. The third-order valence-electron chi connectivity index (χ3n) is 1.95. The van der Waals surface area contributed by atoms with Gasteiger partial charge in [0, 0.05) is 15.4 Å². The number of esters is 1. The van der Waals surface area contributed by atoms with Crippen LogP contribution in [0.2, 0.25) is 10.0 Å². The summed E-state index contributed by atoms with van der Waals surface area (Å²) in [6.45, 7) is 0. The van der Waals surface area contributed by atoms with Gasteiger partial charge in [-0.15, -0.1) is 0 Å². The van der Waals surface area contributed by atoms with Crippen LogP contribution in [0, 0.1) is 0 Å². The lowest BCUT2D eigenvalue weighted by atomic mass is 10.1. The summed E-state index contributed by atoms with van der Waals surface area (Å²) in [7, 11) is 1.35. The largest absolute Gasteiger partial charge is 0.469 e. The van der Waals surface area contributed by atoms with Gasteiger partial charge in [0.15, 0.2) is 0 Å². The SMILES string of the molecule is COC(=O)Cc1c(Cl)cc(Cl)cc1CBr. The Morgan fingerprint density at radius 2 is 2.13 bits per heavy atom. The second kappa shape index (κ2) is 5.73. The number of carbonyl (C=O) groups excluding carboxylic acids is 1. The van der Waals surface area contributed by atoms with Crippen molar-refractivity contribution in [1.82, 2.24) is 0 Å². The van der Waals surface area contributed by atoms with E-state index in [9.17, 15) is 4.79 Å². The van der Waals surface area contributed by atoms with E-state index >= 15 is 0 Å². The van der Waals surface area contributed by atoms with Gasteiger partial charge in [0.1, 0.15) is 0 Å². The molecule has 0 aliphatic heterocycles. The number of carbonyl (C=O) groups is 1. The molecule has 0 bridgehead atoms. The van der Waals surface area contributed by atoms with Crippen molar-refractivity contribution >= 4 is 45.1 Å². The second-order valence-corrected chi connectivity index (χ2v) is 4.32. The molecule has 1 aromatic rings. The standard InChI is InChI=1S/C10H9BrCl2O2/c1-15-10(14)4-8-6(5-11)2-7(12)3-9(8)13/h2-3H,4-5H2,1H3. The molecule has 0 radical (unpaired) electrons. The number of alkyl halides is 1. The van der Waals surface area contributed by atoms with Gasteiger partial charge in [-0.3, -0.25) is 4.79 Å². The summed E-state index contributed by atoms with van der Waals surface area (Å²) in [5, 5.41) is 1.64. The predicted octanol–water partition coefficient (Wildman–Crippen LogP) is 3.60. The lowest BCUT2D eigenvalue weighted by molar-refractivity contribution is -0.139. The van der Waals surface area contributed by atoms with Crippen LogP contribution >= 0.6 is 39.1 Å². The normalized spacial score (nSPS) is 10.1. The Hall–Kier alpha value is -0.250. The van der Waals surface area contributed by atoms with Gasteiger partial charge >= 0.3 is 5.97 Å². The number of hydrogen-bond donors (Lipinski definition) is 0. The lowest BCUT2D eigenvalue weighted by Gasteiger charge is -2.09. The summed E-state index contributed by atoms with van der Waals surface area (Å²) in [5.74, 6) is -0.318. The van der Waals surface area contributed by atoms with Gasteiger partial charge in [-0.05, 0) is 23.3 Å². The Labute approximate surface area is 107 Å². The van der Waals surface area contributed by atoms with Crippen LogP contribution in [0.5, 0.6) is 0 Å². The van der Waals surface area contributed by atoms with E-state index in [-0.39, 0.29) is 12.4 Å². The molecular weight excluding hydrogens is 303 g/mol. The van der Waals surface area contributed by atoms with Crippen molar-refractivity contribution in [2.75, 3.05) is 7.11 Å². The fraction of sp³-hybridized carbons (Fsp3) is 0.300. The molecule has 1 rings (SSSR count). The van der Waals surface area contributed by atoms with Crippen LogP contribution < -0.4 is 0 Å². The number of halogens is 3. The van der Waals surface area contributed by atoms with E-state index in [1.165, 1.54) is 7.11 Å². The summed E-state index contributed by atoms with van der Waals surface area (Å²) < 4.78 is 4.59. The fourth-order valence-corrected chi connectivity index (χ4v) is 2.29. The van der Waals surface area contributed by atoms with Crippen LogP contribution in [0.25, 0.3) is 0 Å². The molecule has 0 saturated carbocycles. The highest BCUT2D eigenvalue weighted by molar-refractivity contribution is 9.08. The number of ether oxygens (including phenoxy) is 1. The molecule has 82 valence electrons. The van der Waals surface area contributed by atoms with Crippen molar-refractivity contribution in [3.63, 3.8) is 0 Å². The van der Waals surface area contributed by atoms with Gasteiger partial charge < -0.3 is 4.74 Å². The van der Waals surface area contributed by atoms with Crippen LogP contribution in [0.1, 0.15) is 11.1 Å². The molecule has 0 atom stereocenters. The Morgan fingerprint density at radius 3 is 2.67 bits per heavy atom. The predicted molar refractivity (Wildman–Crippen MR) is 64.8 cm³/mol. The van der Waals surface area contributed by atoms with Crippen molar-refractivity contribution in [2.24, 2.45) is 0 Å². The van der Waals surface area contributed by atoms with Gasteiger partial charge in [-0.25, -0.2) is 0 Å². The summed E-state index contributed by atoms with van der Waals surface area (Å²) in [6, 6.07) is 3.40. The number of rotatable bonds is 3. The smallest absolute Gasteiger partial charge is 0.310 e. The maximum atomic E-state index is 11.2. The zero-order chi connectivity index (χ0) is 11.4. The molecule has 0 spiro atoms. The van der Waals surface area contributed by atoms with Gasteiger partial charge in [0.05, 0.1) is 13.5 Å². The first-order valence-corrected chi connectivity index (χ1v) is 6.05. The van der Waals surface area contributed by atoms with Gasteiger partial charge in [-0.2, -0.15) is 0 Å². The maximum absolute atomic E-state index is 11.2. The molecule has 1 aromatic carbocycles. The molecule has 5 heteroatoms. The van der Waals surface area contributed by atoms with Crippen molar-refractivity contribution in [1.29, 1.82) is 0 Å². The minimum atomic E-state index is -0.318. The van der Waals surface area contributed by atoms with Crippen LogP contribution in [0.3, 0.4) is 0 Å². The van der Waals surface area contributed by atoms with Crippen LogP contribution in [0.4, 0.5) is 0 Å². The van der Waals surface area contributed by atoms with E-state index < -0.39 is 0 Å². The molecule has 2 nitrogen and oxygen atoms in total. The average molecular weight is 312 g/mol. The average Bonchev–Trinajstić information content (AvgIpc) is 2.21. The van der Waals surface area contributed by atoms with E-state index in [4.69, 9.17) is 23.2 Å². The molecule has 0 fully saturated rings. The van der Waals surface area contributed by atoms with Crippen LogP contribution in [-0.2, 0) is 21.3 Å². The molecule has 0 heterocycles. The van der Waals surface area contributed by atoms with Gasteiger partial charge in [-0.1, -0.05) is 39.1 Å². The highest BCUT2D eigenvalue weighted by Gasteiger charge is 2.12. The highest BCUT2D eigenvalue weighted by atomic mass is 79.9. The van der Waals surface area contributed by atoms with E-state index in [0.717, 1.165) is 11.1 Å². The molecule has 0 unspecified atom stereocenters. The van der Waals surface area contributed by atoms with Crippen LogP contribution in [0.15, 0.2) is 12.1 Å². The van der Waals surface area contributed by atoms with Crippen molar-refractivity contribution in [2.45, 2.75) is 11.8 Å². The van der Waals surface area contributed by atoms with Crippen molar-refractivity contribution in [3.8, 4) is 0 Å². The Balaban J connectivity index is 3.09.